The first-order chi connectivity index (χ1) is 15.3. The van der Waals surface area contributed by atoms with Gasteiger partial charge in [0.15, 0.2) is 5.82 Å². The second kappa shape index (κ2) is 8.22. The van der Waals surface area contributed by atoms with Crippen molar-refractivity contribution < 1.29 is 4.39 Å². The average molecular weight is 400 g/mol. The molecular formula is C28H17FN2. The van der Waals surface area contributed by atoms with E-state index in [2.05, 4.69) is 11.8 Å². The maximum Gasteiger partial charge on any atom is 0.160 e. The van der Waals surface area contributed by atoms with Crippen LogP contribution in [0.2, 0.25) is 0 Å². The van der Waals surface area contributed by atoms with Crippen molar-refractivity contribution in [1.29, 1.82) is 0 Å². The number of fused-ring (bicyclic) bond motifs is 1. The van der Waals surface area contributed by atoms with E-state index >= 15 is 0 Å². The van der Waals surface area contributed by atoms with Crippen LogP contribution in [0.15, 0.2) is 103 Å². The predicted molar refractivity (Wildman–Crippen MR) is 123 cm³/mol. The number of benzene rings is 4. The van der Waals surface area contributed by atoms with Gasteiger partial charge in [0.1, 0.15) is 5.82 Å². The maximum absolute atomic E-state index is 13.5. The van der Waals surface area contributed by atoms with E-state index in [1.807, 2.05) is 78.9 Å². The van der Waals surface area contributed by atoms with Gasteiger partial charge in [-0.15, -0.1) is 0 Å². The number of nitrogens with zero attached hydrogens (tertiary/aromatic N) is 2. The third-order valence-electron chi connectivity index (χ3n) is 4.97. The topological polar surface area (TPSA) is 25.8 Å². The van der Waals surface area contributed by atoms with Crippen LogP contribution in [0.3, 0.4) is 0 Å². The Morgan fingerprint density at radius 1 is 0.581 bits per heavy atom. The third-order valence-corrected chi connectivity index (χ3v) is 4.97. The molecule has 0 aliphatic heterocycles. The smallest absolute Gasteiger partial charge is 0.160 e. The second-order valence-corrected chi connectivity index (χ2v) is 7.12. The van der Waals surface area contributed by atoms with Gasteiger partial charge in [-0.05, 0) is 54.6 Å². The first-order valence-corrected chi connectivity index (χ1v) is 9.96. The van der Waals surface area contributed by atoms with Crippen LogP contribution in [0.1, 0.15) is 11.1 Å². The fourth-order valence-electron chi connectivity index (χ4n) is 3.42. The molecule has 3 heteroatoms. The molecule has 0 spiro atoms. The number of hydrogen-bond acceptors (Lipinski definition) is 2. The van der Waals surface area contributed by atoms with Crippen molar-refractivity contribution in [1.82, 2.24) is 9.97 Å². The largest absolute Gasteiger partial charge is 0.228 e. The molecule has 4 aromatic carbocycles. The molecule has 0 N–H and O–H groups in total. The Kier molecular flexibility index (Phi) is 4.96. The summed E-state index contributed by atoms with van der Waals surface area (Å²) in [5.41, 5.74) is 5.17. The summed E-state index contributed by atoms with van der Waals surface area (Å²) < 4.78 is 13.5. The summed E-state index contributed by atoms with van der Waals surface area (Å²) >= 11 is 0. The van der Waals surface area contributed by atoms with Crippen molar-refractivity contribution >= 4 is 10.9 Å². The summed E-state index contributed by atoms with van der Waals surface area (Å²) in [6.07, 6.45) is 0. The molecule has 5 rings (SSSR count). The normalized spacial score (nSPS) is 10.5. The minimum Gasteiger partial charge on any atom is -0.228 e. The molecule has 0 aliphatic carbocycles. The van der Waals surface area contributed by atoms with Gasteiger partial charge >= 0.3 is 0 Å². The number of halogens is 1. The van der Waals surface area contributed by atoms with Gasteiger partial charge in [-0.2, -0.15) is 0 Å². The lowest BCUT2D eigenvalue weighted by Crippen LogP contribution is -1.96. The molecule has 146 valence electrons. The fourth-order valence-corrected chi connectivity index (χ4v) is 3.42. The zero-order valence-corrected chi connectivity index (χ0v) is 16.6. The van der Waals surface area contributed by atoms with Gasteiger partial charge in [0.2, 0.25) is 0 Å². The standard InChI is InChI=1S/C28H17FN2/c29-24-16-14-22(15-17-24)27-25-19-21(12-11-20-7-3-1-4-8-20)13-18-26(25)30-28(31-27)23-9-5-2-6-10-23/h1-10,13-19H. The van der Waals surface area contributed by atoms with Crippen LogP contribution in [-0.4, -0.2) is 9.97 Å². The summed E-state index contributed by atoms with van der Waals surface area (Å²) in [5, 5.41) is 0.881. The van der Waals surface area contributed by atoms with E-state index in [0.717, 1.165) is 38.9 Å². The van der Waals surface area contributed by atoms with Gasteiger partial charge in [-0.25, -0.2) is 14.4 Å². The minimum atomic E-state index is -0.278. The molecule has 2 nitrogen and oxygen atoms in total. The maximum atomic E-state index is 13.5. The quantitative estimate of drug-likeness (QED) is 0.316. The highest BCUT2D eigenvalue weighted by molar-refractivity contribution is 5.94. The molecule has 31 heavy (non-hydrogen) atoms. The van der Waals surface area contributed by atoms with Crippen LogP contribution in [0.4, 0.5) is 4.39 Å². The molecule has 0 fully saturated rings. The molecule has 0 bridgehead atoms. The summed E-state index contributed by atoms with van der Waals surface area (Å²) in [4.78, 5) is 9.62. The zero-order valence-electron chi connectivity index (χ0n) is 16.6. The van der Waals surface area contributed by atoms with Crippen LogP contribution in [-0.2, 0) is 0 Å². The SMILES string of the molecule is Fc1ccc(-c2nc(-c3ccccc3)nc3ccc(C#Cc4ccccc4)cc23)cc1. The average Bonchev–Trinajstić information content (AvgIpc) is 2.84. The van der Waals surface area contributed by atoms with Crippen molar-refractivity contribution in [2.45, 2.75) is 0 Å². The molecule has 0 amide bonds. The van der Waals surface area contributed by atoms with E-state index in [9.17, 15) is 4.39 Å². The molecule has 0 radical (unpaired) electrons. The molecule has 0 aliphatic rings. The molecule has 0 atom stereocenters. The number of hydrogen-bond donors (Lipinski definition) is 0. The van der Waals surface area contributed by atoms with E-state index in [0.29, 0.717) is 5.82 Å². The predicted octanol–water partition coefficient (Wildman–Crippen LogP) is 6.50. The monoisotopic (exact) mass is 400 g/mol. The van der Waals surface area contributed by atoms with Gasteiger partial charge in [-0.3, -0.25) is 0 Å². The minimum absolute atomic E-state index is 0.278. The summed E-state index contributed by atoms with van der Waals surface area (Å²) in [6, 6.07) is 32.0. The van der Waals surface area contributed by atoms with Crippen LogP contribution < -0.4 is 0 Å². The Hall–Kier alpha value is -4.29. The lowest BCUT2D eigenvalue weighted by Gasteiger charge is -2.10. The Balaban J connectivity index is 1.69. The molecule has 0 saturated heterocycles. The fraction of sp³-hybridized carbons (Fsp3) is 0. The lowest BCUT2D eigenvalue weighted by atomic mass is 10.0. The Morgan fingerprint density at radius 2 is 1.26 bits per heavy atom. The van der Waals surface area contributed by atoms with Crippen LogP contribution in [0.5, 0.6) is 0 Å². The first kappa shape index (κ1) is 18.7. The summed E-state index contributed by atoms with van der Waals surface area (Å²) in [7, 11) is 0. The van der Waals surface area contributed by atoms with E-state index in [4.69, 9.17) is 9.97 Å². The van der Waals surface area contributed by atoms with Crippen molar-refractivity contribution in [3.8, 4) is 34.5 Å². The Morgan fingerprint density at radius 3 is 2.00 bits per heavy atom. The highest BCUT2D eigenvalue weighted by Gasteiger charge is 2.12. The van der Waals surface area contributed by atoms with Crippen LogP contribution in [0.25, 0.3) is 33.5 Å². The highest BCUT2D eigenvalue weighted by atomic mass is 19.1. The molecular weight excluding hydrogens is 383 g/mol. The summed E-state index contributed by atoms with van der Waals surface area (Å²) in [6.45, 7) is 0. The molecule has 0 unspecified atom stereocenters. The van der Waals surface area contributed by atoms with Crippen molar-refractivity contribution in [2.24, 2.45) is 0 Å². The van der Waals surface area contributed by atoms with Crippen molar-refractivity contribution in [3.63, 3.8) is 0 Å². The third kappa shape index (κ3) is 4.05. The van der Waals surface area contributed by atoms with E-state index in [1.165, 1.54) is 12.1 Å². The van der Waals surface area contributed by atoms with Gasteiger partial charge < -0.3 is 0 Å². The van der Waals surface area contributed by atoms with Crippen molar-refractivity contribution in [2.75, 3.05) is 0 Å². The van der Waals surface area contributed by atoms with E-state index in [-0.39, 0.29) is 5.82 Å². The highest BCUT2D eigenvalue weighted by Crippen LogP contribution is 2.30. The first-order valence-electron chi connectivity index (χ1n) is 9.96. The van der Waals surface area contributed by atoms with Crippen molar-refractivity contribution in [3.05, 3.63) is 120 Å². The second-order valence-electron chi connectivity index (χ2n) is 7.12. The molecule has 5 aromatic rings. The van der Waals surface area contributed by atoms with Gasteiger partial charge in [0.25, 0.3) is 0 Å². The van der Waals surface area contributed by atoms with Gasteiger partial charge in [-0.1, -0.05) is 60.4 Å². The van der Waals surface area contributed by atoms with Crippen LogP contribution in [0, 0.1) is 17.7 Å². The van der Waals surface area contributed by atoms with Gasteiger partial charge in [0, 0.05) is 27.6 Å². The Bertz CT molecular complexity index is 1420. The zero-order chi connectivity index (χ0) is 21.0. The number of aromatic nitrogens is 2. The van der Waals surface area contributed by atoms with Crippen LogP contribution >= 0.6 is 0 Å². The molecule has 0 saturated carbocycles. The van der Waals surface area contributed by atoms with Gasteiger partial charge in [0.05, 0.1) is 11.2 Å². The molecule has 1 aromatic heterocycles. The van der Waals surface area contributed by atoms with E-state index in [1.54, 1.807) is 12.1 Å². The summed E-state index contributed by atoms with van der Waals surface area (Å²) in [5.74, 6) is 6.77. The van der Waals surface area contributed by atoms with E-state index < -0.39 is 0 Å². The lowest BCUT2D eigenvalue weighted by molar-refractivity contribution is 0.628. The molecule has 1 heterocycles. The number of rotatable bonds is 2. The Labute approximate surface area is 180 Å².